The fourth-order valence-corrected chi connectivity index (χ4v) is 12.9. The van der Waals surface area contributed by atoms with Crippen molar-refractivity contribution in [2.45, 2.75) is 268 Å². The highest BCUT2D eigenvalue weighted by atomic mass is 16.4. The van der Waals surface area contributed by atoms with Gasteiger partial charge in [0.15, 0.2) is 5.96 Å². The third-order valence-electron chi connectivity index (χ3n) is 19.7. The van der Waals surface area contributed by atoms with Crippen molar-refractivity contribution in [3.63, 3.8) is 0 Å². The van der Waals surface area contributed by atoms with Gasteiger partial charge in [0.25, 0.3) is 0 Å². The summed E-state index contributed by atoms with van der Waals surface area (Å²) in [5, 5.41) is 71.5. The maximum Gasteiger partial charge on any atom is 0.303 e. The molecule has 2 aromatic heterocycles. The predicted octanol–water partition coefficient (Wildman–Crippen LogP) is 1.10. The normalized spacial score (nSPS) is 14.5. The van der Waals surface area contributed by atoms with Crippen LogP contribution in [0.2, 0.25) is 0 Å². The Morgan fingerprint density at radius 1 is 0.429 bits per heavy atom. The average Bonchev–Trinajstić information content (AvgIpc) is 1.67. The minimum absolute atomic E-state index is 0.0107. The Hall–Kier alpha value is -9.77. The molecule has 0 aliphatic carbocycles. The monoisotopic (exact) mass is 1570 g/mol. The standard InChI is InChI=1S/C78H126N18O16/c1-6-8-9-10-11-12-13-14-15-16-17-18-19-36-64(100)87-59(37-38-65(101)102)71(106)95-66(48(3)7-2)77(112)90-57(34-25-27-40-80)68(103)88-56(33-24-26-39-79)70(105)93-63(47-98)75(110)92-60(42-50-44-85-54-31-22-20-29-52(50)54)72(107)94-62(46-97)74(109)89-58(35-28-41-84-78(81)82)69(104)91-61(73(108)96-67(49(4)99)76(111)83-5)43-51-45-86-55-32-23-21-30-53(51)55/h20-23,29-32,44-45,48-49,56-63,66-67,85-86,97-99H,6-19,24-28,33-43,46-47,79-80H2,1-5H3,(H,83,111)(H,87,100)(H,88,103)(H,89,109)(H,90,112)(H,91,104)(H,92,110)(H,93,105)(H,94,107)(H,95,106)(H,96,108)(H,101,102)(H4,81,82,84)/t48-,49+,56+,57-,58+,59-,60+,61-,62-,63-,66+,67+/m0/s1. The first-order chi connectivity index (χ1) is 53.7. The van der Waals surface area contributed by atoms with Crippen molar-refractivity contribution in [2.24, 2.45) is 33.8 Å². The van der Waals surface area contributed by atoms with Crippen LogP contribution in [-0.2, 0) is 70.4 Å². The van der Waals surface area contributed by atoms with Gasteiger partial charge in [0.2, 0.25) is 65.0 Å². The summed E-state index contributed by atoms with van der Waals surface area (Å²) in [7, 11) is 1.31. The van der Waals surface area contributed by atoms with Crippen molar-refractivity contribution in [3.8, 4) is 0 Å². The average molecular weight is 1570 g/mol. The SMILES string of the molecule is CCCCCCCCCCCCCCCC(=O)N[C@@H](CCC(=O)O)C(=O)N[C@@H](C(=O)N[C@@H](CCCCN)C(=O)N[C@H](CCCCN)C(=O)N[C@@H](CO)C(=O)N[C@H](Cc1c[nH]c2ccccc12)C(=O)N[C@@H](CO)C(=O)N[C@H](CCCN=C(N)N)C(=O)N[C@@H](Cc1c[nH]c2ccccc12)C(=O)N[C@@H](C(=O)NC)[C@@H](C)O)[C@@H](C)CC. The molecule has 0 bridgehead atoms. The van der Waals surface area contributed by atoms with Crippen molar-refractivity contribution in [1.82, 2.24) is 68.5 Å². The van der Waals surface area contributed by atoms with Gasteiger partial charge in [-0.25, -0.2) is 0 Å². The Balaban J connectivity index is 1.57. The number of unbranched alkanes of at least 4 members (excludes halogenated alkanes) is 14. The van der Waals surface area contributed by atoms with Crippen molar-refractivity contribution < 1.29 is 78.0 Å². The molecule has 112 heavy (non-hydrogen) atoms. The van der Waals surface area contributed by atoms with E-state index in [2.05, 4.69) is 80.4 Å². The van der Waals surface area contributed by atoms with Crippen LogP contribution in [0.5, 0.6) is 0 Å². The van der Waals surface area contributed by atoms with Gasteiger partial charge in [-0.1, -0.05) is 141 Å². The van der Waals surface area contributed by atoms with Crippen LogP contribution in [0, 0.1) is 5.92 Å². The predicted molar refractivity (Wildman–Crippen MR) is 426 cm³/mol. The number of carboxylic acid groups (broad SMARTS) is 1. The highest BCUT2D eigenvalue weighted by Gasteiger charge is 2.38. The first-order valence-corrected chi connectivity index (χ1v) is 39.7. The fraction of sp³-hybridized carbons (Fsp3) is 0.628. The van der Waals surface area contributed by atoms with Gasteiger partial charge >= 0.3 is 5.97 Å². The number of likely N-dealkylation sites (N-methyl/N-ethyl adjacent to an activating group) is 1. The number of nitrogens with one attached hydrogen (secondary N) is 13. The number of hydrogen-bond acceptors (Lipinski definition) is 18. The lowest BCUT2D eigenvalue weighted by Gasteiger charge is -2.29. The van der Waals surface area contributed by atoms with Crippen LogP contribution in [0.15, 0.2) is 65.9 Å². The summed E-state index contributed by atoms with van der Waals surface area (Å²) in [5.74, 6) is -11.8. The second kappa shape index (κ2) is 52.5. The molecule has 12 atom stereocenters. The van der Waals surface area contributed by atoms with Crippen molar-refractivity contribution in [2.75, 3.05) is 39.9 Å². The van der Waals surface area contributed by atoms with E-state index >= 15 is 0 Å². The summed E-state index contributed by atoms with van der Waals surface area (Å²) in [5.41, 5.74) is 25.3. The van der Waals surface area contributed by atoms with Gasteiger partial charge < -0.3 is 112 Å². The number of H-pyrrole nitrogens is 2. The molecule has 11 amide bonds. The molecule has 34 heteroatoms. The number of fused-ring (bicyclic) bond motifs is 2. The summed E-state index contributed by atoms with van der Waals surface area (Å²) in [4.78, 5) is 178. The van der Waals surface area contributed by atoms with E-state index in [0.29, 0.717) is 65.0 Å². The molecule has 0 saturated heterocycles. The number of nitrogens with two attached hydrogens (primary N) is 4. The molecule has 25 N–H and O–H groups in total. The van der Waals surface area contributed by atoms with Crippen LogP contribution >= 0.6 is 0 Å². The molecular weight excluding hydrogens is 1440 g/mol. The van der Waals surface area contributed by atoms with Crippen molar-refractivity contribution >= 4 is 98.7 Å². The number of aliphatic imine (C=N–C) groups is 1. The minimum atomic E-state index is -1.85. The number of carbonyl (C=O) groups excluding carboxylic acids is 11. The van der Waals surface area contributed by atoms with E-state index in [1.807, 2.05) is 0 Å². The number of hydrogen-bond donors (Lipinski definition) is 21. The number of benzene rings is 2. The van der Waals surface area contributed by atoms with E-state index < -0.39 is 163 Å². The fourth-order valence-electron chi connectivity index (χ4n) is 12.9. The van der Waals surface area contributed by atoms with Crippen LogP contribution in [-0.4, -0.2) is 214 Å². The third kappa shape index (κ3) is 33.7. The van der Waals surface area contributed by atoms with E-state index in [4.69, 9.17) is 22.9 Å². The molecule has 0 radical (unpaired) electrons. The lowest BCUT2D eigenvalue weighted by Crippen LogP contribution is -2.62. The topological polar surface area (TPSA) is 566 Å². The first-order valence-electron chi connectivity index (χ1n) is 39.7. The number of aromatic nitrogens is 2. The molecule has 0 aliphatic heterocycles. The number of aliphatic hydroxyl groups is 3. The first kappa shape index (κ1) is 94.6. The Morgan fingerprint density at radius 2 is 0.804 bits per heavy atom. The Kier molecular flexibility index (Phi) is 44.3. The molecule has 4 rings (SSSR count). The van der Waals surface area contributed by atoms with Crippen LogP contribution in [0.25, 0.3) is 21.8 Å². The molecule has 624 valence electrons. The maximum atomic E-state index is 14.8. The highest BCUT2D eigenvalue weighted by molar-refractivity contribution is 6.00. The Labute approximate surface area is 655 Å². The Bertz CT molecular complexity index is 3640. The zero-order chi connectivity index (χ0) is 82.5. The summed E-state index contributed by atoms with van der Waals surface area (Å²) in [6.45, 7) is 5.15. The quantitative estimate of drug-likeness (QED) is 0.0167. The van der Waals surface area contributed by atoms with E-state index in [0.717, 1.165) is 25.7 Å². The largest absolute Gasteiger partial charge is 0.481 e. The lowest BCUT2D eigenvalue weighted by molar-refractivity contribution is -0.138. The van der Waals surface area contributed by atoms with Crippen LogP contribution in [0.4, 0.5) is 0 Å². The molecule has 0 spiro atoms. The lowest BCUT2D eigenvalue weighted by atomic mass is 9.96. The van der Waals surface area contributed by atoms with Gasteiger partial charge in [-0.2, -0.15) is 0 Å². The van der Waals surface area contributed by atoms with Crippen molar-refractivity contribution in [3.05, 3.63) is 72.1 Å². The van der Waals surface area contributed by atoms with E-state index in [1.165, 1.54) is 65.3 Å². The summed E-state index contributed by atoms with van der Waals surface area (Å²) >= 11 is 0. The van der Waals surface area contributed by atoms with Gasteiger partial charge in [-0.15, -0.1) is 0 Å². The van der Waals surface area contributed by atoms with E-state index in [1.54, 1.807) is 74.8 Å². The Morgan fingerprint density at radius 3 is 1.22 bits per heavy atom. The second-order valence-electron chi connectivity index (χ2n) is 28.7. The van der Waals surface area contributed by atoms with Gasteiger partial charge in [0, 0.05) is 73.5 Å². The molecule has 2 aromatic carbocycles. The smallest absolute Gasteiger partial charge is 0.303 e. The number of rotatable bonds is 58. The number of guanidine groups is 1. The molecule has 0 fully saturated rings. The molecule has 2 heterocycles. The summed E-state index contributed by atoms with van der Waals surface area (Å²) in [6.07, 6.45) is 16.5. The van der Waals surface area contributed by atoms with E-state index in [9.17, 15) is 78.0 Å². The zero-order valence-corrected chi connectivity index (χ0v) is 65.8. The number of amides is 11. The molecule has 34 nitrogen and oxygen atoms in total. The van der Waals surface area contributed by atoms with Gasteiger partial charge in [-0.05, 0) is 113 Å². The van der Waals surface area contributed by atoms with E-state index in [-0.39, 0.29) is 83.4 Å². The number of carbonyl (C=O) groups is 12. The third-order valence-corrected chi connectivity index (χ3v) is 19.7. The van der Waals surface area contributed by atoms with Crippen LogP contribution in [0.1, 0.15) is 199 Å². The van der Waals surface area contributed by atoms with Crippen molar-refractivity contribution in [1.29, 1.82) is 0 Å². The molecule has 0 saturated carbocycles. The van der Waals surface area contributed by atoms with Crippen LogP contribution in [0.3, 0.4) is 0 Å². The molecule has 0 aliphatic rings. The number of nitrogens with zero attached hydrogens (tertiary/aromatic N) is 1. The number of aliphatic hydroxyl groups excluding tert-OH is 3. The van der Waals surface area contributed by atoms with Crippen LogP contribution < -0.4 is 81.4 Å². The summed E-state index contributed by atoms with van der Waals surface area (Å²) in [6, 6.07) is -1.13. The van der Waals surface area contributed by atoms with Gasteiger partial charge in [0.1, 0.15) is 60.4 Å². The minimum Gasteiger partial charge on any atom is -0.481 e. The highest BCUT2D eigenvalue weighted by Crippen LogP contribution is 2.23. The van der Waals surface area contributed by atoms with Gasteiger partial charge in [0.05, 0.1) is 19.3 Å². The number of aromatic amines is 2. The molecule has 4 aromatic rings. The molecule has 0 unspecified atom stereocenters. The molecular formula is C78H126N18O16. The summed E-state index contributed by atoms with van der Waals surface area (Å²) < 4.78 is 0. The second-order valence-corrected chi connectivity index (χ2v) is 28.7. The van der Waals surface area contributed by atoms with Gasteiger partial charge in [-0.3, -0.25) is 62.5 Å². The maximum absolute atomic E-state index is 14.8. The zero-order valence-electron chi connectivity index (χ0n) is 65.8. The number of carboxylic acids is 1. The number of para-hydroxylation sites is 2. The number of aliphatic carboxylic acids is 1.